The van der Waals surface area contributed by atoms with E-state index in [1.165, 1.54) is 10.4 Å². The van der Waals surface area contributed by atoms with Crippen LogP contribution in [0.5, 0.6) is 5.75 Å². The maximum absolute atomic E-state index is 12.6. The summed E-state index contributed by atoms with van der Waals surface area (Å²) in [5.74, 6) is 0.208. The lowest BCUT2D eigenvalue weighted by molar-refractivity contribution is -0.118. The minimum Gasteiger partial charge on any atom is -0.483 e. The molecule has 6 nitrogen and oxygen atoms in total. The second-order valence-electron chi connectivity index (χ2n) is 6.41. The Morgan fingerprint density at radius 2 is 1.93 bits per heavy atom. The molecule has 144 valence electrons. The van der Waals surface area contributed by atoms with Gasteiger partial charge in [-0.3, -0.25) is 4.79 Å². The fourth-order valence-electron chi connectivity index (χ4n) is 2.88. The summed E-state index contributed by atoms with van der Waals surface area (Å²) in [4.78, 5) is 12.4. The molecule has 8 heteroatoms. The molecule has 1 aliphatic rings. The van der Waals surface area contributed by atoms with Crippen LogP contribution in [0.15, 0.2) is 51.8 Å². The average Bonchev–Trinajstić information content (AvgIpc) is 3.17. The monoisotopic (exact) mass is 452 g/mol. The van der Waals surface area contributed by atoms with Crippen LogP contribution in [-0.4, -0.2) is 38.3 Å². The van der Waals surface area contributed by atoms with Gasteiger partial charge in [-0.25, -0.2) is 8.42 Å². The number of hydrogen-bond acceptors (Lipinski definition) is 4. The van der Waals surface area contributed by atoms with Crippen molar-refractivity contribution in [2.24, 2.45) is 0 Å². The van der Waals surface area contributed by atoms with Gasteiger partial charge in [-0.05, 0) is 71.6 Å². The predicted octanol–water partition coefficient (Wildman–Crippen LogP) is 3.56. The van der Waals surface area contributed by atoms with Gasteiger partial charge >= 0.3 is 0 Å². The van der Waals surface area contributed by atoms with Crippen LogP contribution in [0, 0.1) is 6.92 Å². The molecule has 0 spiro atoms. The molecule has 0 bridgehead atoms. The van der Waals surface area contributed by atoms with Crippen molar-refractivity contribution in [3.8, 4) is 5.75 Å². The van der Waals surface area contributed by atoms with Crippen molar-refractivity contribution in [1.29, 1.82) is 0 Å². The second-order valence-corrected chi connectivity index (χ2v) is 9.20. The van der Waals surface area contributed by atoms with E-state index in [1.807, 2.05) is 19.1 Å². The molecule has 0 aromatic heterocycles. The maximum atomic E-state index is 12.6. The number of benzene rings is 2. The third-order valence-corrected chi connectivity index (χ3v) is 6.78. The maximum Gasteiger partial charge on any atom is 0.262 e. The fraction of sp³-hybridized carbons (Fsp3) is 0.316. The van der Waals surface area contributed by atoms with Gasteiger partial charge in [0.15, 0.2) is 6.61 Å². The number of sulfonamides is 1. The van der Waals surface area contributed by atoms with Crippen molar-refractivity contribution in [1.82, 2.24) is 4.31 Å². The Balaban J connectivity index is 1.64. The SMILES string of the molecule is Cc1ccc(OCC(=O)Nc2cccc(S(=O)(=O)N3CCCC3)c2)c(Br)c1. The number of nitrogens with zero attached hydrogens (tertiary/aromatic N) is 1. The molecular weight excluding hydrogens is 432 g/mol. The van der Waals surface area contributed by atoms with Gasteiger partial charge < -0.3 is 10.1 Å². The Morgan fingerprint density at radius 1 is 1.19 bits per heavy atom. The van der Waals surface area contributed by atoms with E-state index < -0.39 is 10.0 Å². The molecule has 0 radical (unpaired) electrons. The number of carbonyl (C=O) groups is 1. The average molecular weight is 453 g/mol. The molecule has 2 aromatic rings. The molecule has 1 fully saturated rings. The third kappa shape index (κ3) is 4.88. The summed E-state index contributed by atoms with van der Waals surface area (Å²) in [6.45, 7) is 2.87. The van der Waals surface area contributed by atoms with Crippen LogP contribution in [0.4, 0.5) is 5.69 Å². The summed E-state index contributed by atoms with van der Waals surface area (Å²) in [6.07, 6.45) is 1.75. The quantitative estimate of drug-likeness (QED) is 0.726. The van der Waals surface area contributed by atoms with E-state index in [0.29, 0.717) is 24.5 Å². The summed E-state index contributed by atoms with van der Waals surface area (Å²) < 4.78 is 33.0. The number of ether oxygens (including phenoxy) is 1. The Bertz CT molecular complexity index is 940. The number of anilines is 1. The van der Waals surface area contributed by atoms with Gasteiger partial charge in [-0.1, -0.05) is 12.1 Å². The molecule has 1 amide bonds. The van der Waals surface area contributed by atoms with Crippen LogP contribution in [-0.2, 0) is 14.8 Å². The summed E-state index contributed by atoms with van der Waals surface area (Å²) >= 11 is 3.40. The van der Waals surface area contributed by atoms with Gasteiger partial charge in [0.2, 0.25) is 10.0 Å². The zero-order valence-corrected chi connectivity index (χ0v) is 17.3. The van der Waals surface area contributed by atoms with Crippen molar-refractivity contribution in [2.45, 2.75) is 24.7 Å². The van der Waals surface area contributed by atoms with E-state index in [9.17, 15) is 13.2 Å². The first kappa shape index (κ1) is 19.9. The summed E-state index contributed by atoms with van der Waals surface area (Å²) in [6, 6.07) is 11.9. The predicted molar refractivity (Wildman–Crippen MR) is 107 cm³/mol. The van der Waals surface area contributed by atoms with Crippen molar-refractivity contribution in [3.05, 3.63) is 52.5 Å². The molecule has 1 saturated heterocycles. The Hall–Kier alpha value is -1.90. The minimum absolute atomic E-state index is 0.176. The van der Waals surface area contributed by atoms with Gasteiger partial charge in [0.25, 0.3) is 5.91 Å². The molecule has 1 N–H and O–H groups in total. The highest BCUT2D eigenvalue weighted by molar-refractivity contribution is 9.10. The van der Waals surface area contributed by atoms with E-state index in [-0.39, 0.29) is 17.4 Å². The zero-order chi connectivity index (χ0) is 19.4. The lowest BCUT2D eigenvalue weighted by Gasteiger charge is -2.16. The van der Waals surface area contributed by atoms with E-state index in [0.717, 1.165) is 22.9 Å². The van der Waals surface area contributed by atoms with Crippen molar-refractivity contribution in [3.63, 3.8) is 0 Å². The van der Waals surface area contributed by atoms with Crippen molar-refractivity contribution in [2.75, 3.05) is 25.0 Å². The molecule has 1 aliphatic heterocycles. The first-order valence-electron chi connectivity index (χ1n) is 8.65. The summed E-state index contributed by atoms with van der Waals surface area (Å²) in [5.41, 5.74) is 1.50. The molecule has 0 saturated carbocycles. The first-order chi connectivity index (χ1) is 12.9. The number of amides is 1. The largest absolute Gasteiger partial charge is 0.483 e. The lowest BCUT2D eigenvalue weighted by Crippen LogP contribution is -2.28. The van der Waals surface area contributed by atoms with Crippen LogP contribution in [0.25, 0.3) is 0 Å². The van der Waals surface area contributed by atoms with E-state index in [4.69, 9.17) is 4.74 Å². The third-order valence-electron chi connectivity index (χ3n) is 4.27. The normalized spacial score (nSPS) is 14.9. The van der Waals surface area contributed by atoms with Gasteiger partial charge in [0.05, 0.1) is 9.37 Å². The zero-order valence-electron chi connectivity index (χ0n) is 14.9. The Labute approximate surface area is 167 Å². The van der Waals surface area contributed by atoms with Crippen LogP contribution >= 0.6 is 15.9 Å². The number of nitrogens with one attached hydrogen (secondary N) is 1. The molecular formula is C19H21BrN2O4S. The van der Waals surface area contributed by atoms with Crippen molar-refractivity contribution < 1.29 is 17.9 Å². The number of hydrogen-bond donors (Lipinski definition) is 1. The summed E-state index contributed by atoms with van der Waals surface area (Å²) in [5, 5.41) is 2.68. The standard InChI is InChI=1S/C19H21BrN2O4S/c1-14-7-8-18(17(20)11-14)26-13-19(23)21-15-5-4-6-16(12-15)27(24,25)22-9-2-3-10-22/h4-8,11-12H,2-3,9-10,13H2,1H3,(H,21,23). The minimum atomic E-state index is -3.52. The van der Waals surface area contributed by atoms with E-state index >= 15 is 0 Å². The van der Waals surface area contributed by atoms with Gasteiger partial charge in [-0.15, -0.1) is 0 Å². The molecule has 27 heavy (non-hydrogen) atoms. The van der Waals surface area contributed by atoms with Crippen LogP contribution < -0.4 is 10.1 Å². The first-order valence-corrected chi connectivity index (χ1v) is 10.9. The lowest BCUT2D eigenvalue weighted by atomic mass is 10.2. The van der Waals surface area contributed by atoms with E-state index in [1.54, 1.807) is 24.3 Å². The van der Waals surface area contributed by atoms with E-state index in [2.05, 4.69) is 21.2 Å². The van der Waals surface area contributed by atoms with Gasteiger partial charge in [0, 0.05) is 18.8 Å². The van der Waals surface area contributed by atoms with Gasteiger partial charge in [0.1, 0.15) is 5.75 Å². The summed E-state index contributed by atoms with van der Waals surface area (Å²) in [7, 11) is -3.52. The molecule has 0 aliphatic carbocycles. The number of halogens is 1. The number of rotatable bonds is 6. The highest BCUT2D eigenvalue weighted by Crippen LogP contribution is 2.26. The topological polar surface area (TPSA) is 75.7 Å². The molecule has 1 heterocycles. The van der Waals surface area contributed by atoms with Gasteiger partial charge in [-0.2, -0.15) is 4.31 Å². The molecule has 2 aromatic carbocycles. The highest BCUT2D eigenvalue weighted by atomic mass is 79.9. The number of aryl methyl sites for hydroxylation is 1. The second kappa shape index (κ2) is 8.41. The Kier molecular flexibility index (Phi) is 6.18. The Morgan fingerprint density at radius 3 is 2.63 bits per heavy atom. The van der Waals surface area contributed by atoms with Crippen LogP contribution in [0.1, 0.15) is 18.4 Å². The number of carbonyl (C=O) groups excluding carboxylic acids is 1. The van der Waals surface area contributed by atoms with Crippen molar-refractivity contribution >= 4 is 37.5 Å². The molecule has 3 rings (SSSR count). The molecule has 0 unspecified atom stereocenters. The van der Waals surface area contributed by atoms with Crippen LogP contribution in [0.2, 0.25) is 0 Å². The van der Waals surface area contributed by atoms with Crippen LogP contribution in [0.3, 0.4) is 0 Å². The molecule has 0 atom stereocenters. The smallest absolute Gasteiger partial charge is 0.262 e. The fourth-order valence-corrected chi connectivity index (χ4v) is 5.05. The highest BCUT2D eigenvalue weighted by Gasteiger charge is 2.27.